The molecule has 0 radical (unpaired) electrons. The smallest absolute Gasteiger partial charge is 0.309 e. The maximum absolute atomic E-state index is 11.4. The molecular weight excluding hydrogens is 176 g/mol. The molecule has 0 amide bonds. The van der Waals surface area contributed by atoms with Gasteiger partial charge in [0.25, 0.3) is 0 Å². The third-order valence-electron chi connectivity index (χ3n) is 2.85. The number of esters is 1. The minimum absolute atomic E-state index is 0.0199. The summed E-state index contributed by atoms with van der Waals surface area (Å²) in [6.07, 6.45) is 6.87. The Bertz CT molecular complexity index is 196. The number of unbranched alkanes of at least 4 members (excludes halogenated alkanes) is 3. The zero-order valence-electron chi connectivity index (χ0n) is 9.64. The summed E-state index contributed by atoms with van der Waals surface area (Å²) in [6, 6.07) is 0. The Hall–Kier alpha value is -0.530. The van der Waals surface area contributed by atoms with Crippen LogP contribution in [0.2, 0.25) is 0 Å². The van der Waals surface area contributed by atoms with E-state index in [0.29, 0.717) is 0 Å². The van der Waals surface area contributed by atoms with E-state index in [9.17, 15) is 4.79 Å². The van der Waals surface area contributed by atoms with Crippen LogP contribution in [0.25, 0.3) is 0 Å². The second-order valence-electron chi connectivity index (χ2n) is 4.93. The average Bonchev–Trinajstić information content (AvgIpc) is 2.34. The fourth-order valence-electron chi connectivity index (χ4n) is 2.11. The Morgan fingerprint density at radius 2 is 2.07 bits per heavy atom. The number of cyclic esters (lactones) is 1. The third kappa shape index (κ3) is 3.32. The molecule has 1 unspecified atom stereocenters. The molecule has 1 heterocycles. The van der Waals surface area contributed by atoms with Gasteiger partial charge >= 0.3 is 5.97 Å². The van der Waals surface area contributed by atoms with Crippen LogP contribution in [0.15, 0.2) is 0 Å². The van der Waals surface area contributed by atoms with Crippen molar-refractivity contribution in [2.24, 2.45) is 5.92 Å². The molecule has 0 spiro atoms. The molecule has 1 saturated heterocycles. The van der Waals surface area contributed by atoms with E-state index in [1.54, 1.807) is 0 Å². The normalized spacial score (nSPS) is 25.1. The topological polar surface area (TPSA) is 26.3 Å². The fraction of sp³-hybridized carbons (Fsp3) is 0.917. The summed E-state index contributed by atoms with van der Waals surface area (Å²) >= 11 is 0. The molecule has 0 saturated carbocycles. The minimum atomic E-state index is -0.216. The molecule has 0 aliphatic carbocycles. The molecule has 0 aromatic carbocycles. The number of ether oxygens (including phenoxy) is 1. The van der Waals surface area contributed by atoms with Crippen molar-refractivity contribution in [2.75, 3.05) is 0 Å². The maximum atomic E-state index is 11.4. The highest BCUT2D eigenvalue weighted by atomic mass is 16.6. The van der Waals surface area contributed by atoms with Gasteiger partial charge in [0.2, 0.25) is 0 Å². The summed E-state index contributed by atoms with van der Waals surface area (Å²) in [7, 11) is 0. The summed E-state index contributed by atoms with van der Waals surface area (Å²) in [5, 5.41) is 0. The van der Waals surface area contributed by atoms with Crippen LogP contribution in [0.5, 0.6) is 0 Å². The van der Waals surface area contributed by atoms with Gasteiger partial charge < -0.3 is 4.74 Å². The van der Waals surface area contributed by atoms with Gasteiger partial charge in [0.1, 0.15) is 5.60 Å². The molecule has 0 aromatic heterocycles. The minimum Gasteiger partial charge on any atom is -0.459 e. The molecular formula is C12H22O2. The summed E-state index contributed by atoms with van der Waals surface area (Å²) in [6.45, 7) is 6.20. The van der Waals surface area contributed by atoms with Crippen LogP contribution < -0.4 is 0 Å². The van der Waals surface area contributed by atoms with Gasteiger partial charge in [0.05, 0.1) is 5.92 Å². The van der Waals surface area contributed by atoms with Crippen LogP contribution in [0.4, 0.5) is 0 Å². The Morgan fingerprint density at radius 1 is 1.36 bits per heavy atom. The molecule has 1 rings (SSSR count). The molecule has 2 heteroatoms. The molecule has 1 aliphatic rings. The van der Waals surface area contributed by atoms with E-state index in [1.165, 1.54) is 25.7 Å². The standard InChI is InChI=1S/C12H22O2/c1-4-5-6-7-8-10-9-12(2,3)14-11(10)13/h10H,4-9H2,1-3H3. The number of hydrogen-bond acceptors (Lipinski definition) is 2. The van der Waals surface area contributed by atoms with Crippen LogP contribution in [-0.4, -0.2) is 11.6 Å². The summed E-state index contributed by atoms with van der Waals surface area (Å²) in [5.41, 5.74) is -0.216. The Balaban J connectivity index is 2.22. The van der Waals surface area contributed by atoms with Crippen molar-refractivity contribution >= 4 is 5.97 Å². The lowest BCUT2D eigenvalue weighted by atomic mass is 9.93. The second-order valence-corrected chi connectivity index (χ2v) is 4.93. The molecule has 0 bridgehead atoms. The molecule has 0 aromatic rings. The van der Waals surface area contributed by atoms with Gasteiger partial charge in [-0.15, -0.1) is 0 Å². The second kappa shape index (κ2) is 4.81. The predicted molar refractivity (Wildman–Crippen MR) is 57.0 cm³/mol. The van der Waals surface area contributed by atoms with Gasteiger partial charge in [-0.1, -0.05) is 32.6 Å². The van der Waals surface area contributed by atoms with E-state index in [4.69, 9.17) is 4.74 Å². The van der Waals surface area contributed by atoms with Crippen molar-refractivity contribution in [3.63, 3.8) is 0 Å². The molecule has 82 valence electrons. The number of rotatable bonds is 5. The number of carbonyl (C=O) groups is 1. The molecule has 1 aliphatic heterocycles. The van der Waals surface area contributed by atoms with Crippen LogP contribution in [-0.2, 0) is 9.53 Å². The molecule has 1 fully saturated rings. The summed E-state index contributed by atoms with van der Waals surface area (Å²) in [4.78, 5) is 11.4. The largest absolute Gasteiger partial charge is 0.459 e. The zero-order chi connectivity index (χ0) is 10.6. The monoisotopic (exact) mass is 198 g/mol. The third-order valence-corrected chi connectivity index (χ3v) is 2.85. The van der Waals surface area contributed by atoms with E-state index in [0.717, 1.165) is 12.8 Å². The van der Waals surface area contributed by atoms with Crippen LogP contribution >= 0.6 is 0 Å². The van der Waals surface area contributed by atoms with Crippen molar-refractivity contribution in [2.45, 2.75) is 64.9 Å². The SMILES string of the molecule is CCCCCCC1CC(C)(C)OC1=O. The van der Waals surface area contributed by atoms with Crippen molar-refractivity contribution in [1.82, 2.24) is 0 Å². The van der Waals surface area contributed by atoms with Gasteiger partial charge in [-0.3, -0.25) is 4.79 Å². The summed E-state index contributed by atoms with van der Waals surface area (Å²) < 4.78 is 5.28. The highest BCUT2D eigenvalue weighted by Crippen LogP contribution is 2.33. The van der Waals surface area contributed by atoms with E-state index < -0.39 is 0 Å². The van der Waals surface area contributed by atoms with Gasteiger partial charge in [0, 0.05) is 0 Å². The maximum Gasteiger partial charge on any atom is 0.309 e. The van der Waals surface area contributed by atoms with Crippen LogP contribution in [0.3, 0.4) is 0 Å². The Labute approximate surface area is 87.0 Å². The highest BCUT2D eigenvalue weighted by molar-refractivity contribution is 5.75. The Morgan fingerprint density at radius 3 is 2.57 bits per heavy atom. The summed E-state index contributed by atoms with van der Waals surface area (Å²) in [5.74, 6) is 0.188. The molecule has 0 N–H and O–H groups in total. The number of carbonyl (C=O) groups excluding carboxylic acids is 1. The fourth-order valence-corrected chi connectivity index (χ4v) is 2.11. The predicted octanol–water partition coefficient (Wildman–Crippen LogP) is 3.30. The lowest BCUT2D eigenvalue weighted by molar-refractivity contribution is -0.148. The highest BCUT2D eigenvalue weighted by Gasteiger charge is 2.39. The van der Waals surface area contributed by atoms with Crippen molar-refractivity contribution in [3.05, 3.63) is 0 Å². The number of hydrogen-bond donors (Lipinski definition) is 0. The Kier molecular flexibility index (Phi) is 3.97. The quantitative estimate of drug-likeness (QED) is 0.500. The van der Waals surface area contributed by atoms with Crippen molar-refractivity contribution < 1.29 is 9.53 Å². The van der Waals surface area contributed by atoms with Crippen molar-refractivity contribution in [1.29, 1.82) is 0 Å². The first-order chi connectivity index (χ1) is 6.55. The van der Waals surface area contributed by atoms with E-state index in [1.807, 2.05) is 13.8 Å². The lowest BCUT2D eigenvalue weighted by Crippen LogP contribution is -2.17. The van der Waals surface area contributed by atoms with Crippen LogP contribution in [0.1, 0.15) is 59.3 Å². The van der Waals surface area contributed by atoms with E-state index in [-0.39, 0.29) is 17.5 Å². The molecule has 2 nitrogen and oxygen atoms in total. The molecule has 14 heavy (non-hydrogen) atoms. The van der Waals surface area contributed by atoms with E-state index in [2.05, 4.69) is 6.92 Å². The first-order valence-electron chi connectivity index (χ1n) is 5.78. The first kappa shape index (κ1) is 11.5. The van der Waals surface area contributed by atoms with E-state index >= 15 is 0 Å². The van der Waals surface area contributed by atoms with Gasteiger partial charge in [-0.2, -0.15) is 0 Å². The van der Waals surface area contributed by atoms with Crippen molar-refractivity contribution in [3.8, 4) is 0 Å². The molecule has 1 atom stereocenters. The van der Waals surface area contributed by atoms with Gasteiger partial charge in [-0.25, -0.2) is 0 Å². The van der Waals surface area contributed by atoms with Crippen LogP contribution in [0, 0.1) is 5.92 Å². The zero-order valence-corrected chi connectivity index (χ0v) is 9.64. The average molecular weight is 198 g/mol. The van der Waals surface area contributed by atoms with Gasteiger partial charge in [0.15, 0.2) is 0 Å². The first-order valence-corrected chi connectivity index (χ1v) is 5.78. The lowest BCUT2D eigenvalue weighted by Gasteiger charge is -2.14. The van der Waals surface area contributed by atoms with Gasteiger partial charge in [-0.05, 0) is 26.7 Å².